The van der Waals surface area contributed by atoms with Gasteiger partial charge in [0.1, 0.15) is 17.8 Å². The van der Waals surface area contributed by atoms with Gasteiger partial charge in [0, 0.05) is 32.0 Å². The molecule has 1 N–H and O–H groups in total. The number of nitrogens with zero attached hydrogens (tertiary/aromatic N) is 3. The van der Waals surface area contributed by atoms with Gasteiger partial charge in [-0.25, -0.2) is 0 Å². The number of methoxy groups -OCH3 is 1. The number of fused-ring (bicyclic) bond motifs is 1. The molecule has 0 saturated heterocycles. The minimum atomic E-state index is -1.12. The predicted molar refractivity (Wildman–Crippen MR) is 157 cm³/mol. The Morgan fingerprint density at radius 3 is 2.22 bits per heavy atom. The number of nitrogens with one attached hydrogen (secondary N) is 1. The average molecular weight is 555 g/mol. The van der Waals surface area contributed by atoms with E-state index in [-0.39, 0.29) is 24.6 Å². The van der Waals surface area contributed by atoms with E-state index in [1.165, 1.54) is 4.90 Å². The molecule has 1 fully saturated rings. The minimum Gasteiger partial charge on any atom is -0.497 e. The summed E-state index contributed by atoms with van der Waals surface area (Å²) in [5.41, 5.74) is 2.02. The van der Waals surface area contributed by atoms with Crippen LogP contribution >= 0.6 is 0 Å². The number of benzene rings is 3. The Balaban J connectivity index is 1.48. The molecule has 0 aromatic heterocycles. The lowest BCUT2D eigenvalue weighted by molar-refractivity contribution is -0.145. The molecule has 0 unspecified atom stereocenters. The quantitative estimate of drug-likeness (QED) is 0.397. The molecule has 3 amide bonds. The molecule has 5 rings (SSSR count). The number of para-hydroxylation sites is 1. The standard InChI is InChI=1S/C32H34N4O5/c1-34(2)24-14-12-23(13-15-24)33-31(40)32(18-6-7-19-32)36(20-22-10-16-25(41-3)17-11-22)28(37)21-35-27-9-5-4-8-26(27)29(38)30(35)39/h4-5,8-17H,6-7,18-21H2,1-3H3,(H,33,40). The van der Waals surface area contributed by atoms with E-state index in [1.54, 1.807) is 36.3 Å². The first kappa shape index (κ1) is 27.9. The SMILES string of the molecule is COc1ccc(CN(C(=O)CN2C(=O)C(=O)c3ccccc32)C2(C(=O)Nc3ccc(N(C)C)cc3)CCCC2)cc1. The lowest BCUT2D eigenvalue weighted by Gasteiger charge is -2.41. The van der Waals surface area contributed by atoms with E-state index < -0.39 is 23.1 Å². The fourth-order valence-electron chi connectivity index (χ4n) is 5.69. The van der Waals surface area contributed by atoms with Crippen molar-refractivity contribution in [1.82, 2.24) is 4.90 Å². The minimum absolute atomic E-state index is 0.160. The number of rotatable bonds is 9. The summed E-state index contributed by atoms with van der Waals surface area (Å²) >= 11 is 0. The first-order chi connectivity index (χ1) is 19.7. The normalized spacial score (nSPS) is 15.4. The van der Waals surface area contributed by atoms with Crippen LogP contribution in [-0.4, -0.2) is 61.7 Å². The summed E-state index contributed by atoms with van der Waals surface area (Å²) in [6.07, 6.45) is 2.53. The van der Waals surface area contributed by atoms with Crippen LogP contribution in [0.5, 0.6) is 5.75 Å². The Morgan fingerprint density at radius 2 is 1.59 bits per heavy atom. The zero-order valence-electron chi connectivity index (χ0n) is 23.6. The Bertz CT molecular complexity index is 1460. The Kier molecular flexibility index (Phi) is 7.79. The third-order valence-electron chi connectivity index (χ3n) is 7.98. The highest BCUT2D eigenvalue weighted by molar-refractivity contribution is 6.52. The van der Waals surface area contributed by atoms with Gasteiger partial charge in [-0.1, -0.05) is 37.1 Å². The van der Waals surface area contributed by atoms with E-state index in [4.69, 9.17) is 4.74 Å². The molecule has 1 saturated carbocycles. The molecule has 0 atom stereocenters. The topological polar surface area (TPSA) is 99.3 Å². The van der Waals surface area contributed by atoms with Gasteiger partial charge in [-0.2, -0.15) is 0 Å². The van der Waals surface area contributed by atoms with E-state index in [0.29, 0.717) is 30.0 Å². The maximum atomic E-state index is 14.2. The molecule has 212 valence electrons. The van der Waals surface area contributed by atoms with Gasteiger partial charge in [-0.05, 0) is 66.9 Å². The number of ketones is 1. The third-order valence-corrected chi connectivity index (χ3v) is 7.98. The highest BCUT2D eigenvalue weighted by Crippen LogP contribution is 2.39. The molecule has 9 nitrogen and oxygen atoms in total. The number of hydrogen-bond donors (Lipinski definition) is 1. The van der Waals surface area contributed by atoms with E-state index in [1.807, 2.05) is 67.5 Å². The van der Waals surface area contributed by atoms with Crippen molar-refractivity contribution in [3.05, 3.63) is 83.9 Å². The van der Waals surface area contributed by atoms with Gasteiger partial charge in [0.05, 0.1) is 18.4 Å². The largest absolute Gasteiger partial charge is 0.497 e. The zero-order valence-corrected chi connectivity index (χ0v) is 23.6. The molecule has 0 spiro atoms. The van der Waals surface area contributed by atoms with Gasteiger partial charge in [-0.3, -0.25) is 24.1 Å². The second-order valence-corrected chi connectivity index (χ2v) is 10.7. The van der Waals surface area contributed by atoms with Crippen LogP contribution in [0.4, 0.5) is 17.1 Å². The van der Waals surface area contributed by atoms with Crippen molar-refractivity contribution in [2.45, 2.75) is 37.8 Å². The van der Waals surface area contributed by atoms with E-state index >= 15 is 0 Å². The third kappa shape index (κ3) is 5.39. The van der Waals surface area contributed by atoms with Crippen molar-refractivity contribution < 1.29 is 23.9 Å². The maximum absolute atomic E-state index is 14.2. The molecule has 1 heterocycles. The fraction of sp³-hybridized carbons (Fsp3) is 0.312. The van der Waals surface area contributed by atoms with Gasteiger partial charge in [0.2, 0.25) is 11.8 Å². The number of amides is 3. The van der Waals surface area contributed by atoms with Gasteiger partial charge >= 0.3 is 0 Å². The van der Waals surface area contributed by atoms with Crippen LogP contribution in [-0.2, 0) is 20.9 Å². The van der Waals surface area contributed by atoms with Crippen LogP contribution in [0.15, 0.2) is 72.8 Å². The Hall–Kier alpha value is -4.66. The van der Waals surface area contributed by atoms with Crippen molar-refractivity contribution >= 4 is 40.6 Å². The molecule has 1 aliphatic carbocycles. The number of hydrogen-bond acceptors (Lipinski definition) is 6. The summed E-state index contributed by atoms with van der Waals surface area (Å²) < 4.78 is 5.29. The second kappa shape index (κ2) is 11.4. The number of ether oxygens (including phenoxy) is 1. The summed E-state index contributed by atoms with van der Waals surface area (Å²) in [6.45, 7) is -0.183. The monoisotopic (exact) mass is 554 g/mol. The van der Waals surface area contributed by atoms with Crippen molar-refractivity contribution in [2.24, 2.45) is 0 Å². The van der Waals surface area contributed by atoms with Crippen molar-refractivity contribution in [2.75, 3.05) is 42.9 Å². The lowest BCUT2D eigenvalue weighted by Crippen LogP contribution is -2.59. The highest BCUT2D eigenvalue weighted by Gasteiger charge is 2.49. The van der Waals surface area contributed by atoms with Crippen LogP contribution in [0.25, 0.3) is 0 Å². The lowest BCUT2D eigenvalue weighted by atomic mass is 9.92. The summed E-state index contributed by atoms with van der Waals surface area (Å²) in [5, 5.41) is 3.05. The first-order valence-corrected chi connectivity index (χ1v) is 13.7. The van der Waals surface area contributed by atoms with Crippen molar-refractivity contribution in [3.63, 3.8) is 0 Å². The van der Waals surface area contributed by atoms with Crippen LogP contribution in [0.1, 0.15) is 41.6 Å². The molecule has 3 aromatic rings. The molecular formula is C32H34N4O5. The van der Waals surface area contributed by atoms with Gasteiger partial charge in [0.25, 0.3) is 11.7 Å². The summed E-state index contributed by atoms with van der Waals surface area (Å²) in [7, 11) is 5.47. The van der Waals surface area contributed by atoms with Crippen LogP contribution in [0, 0.1) is 0 Å². The van der Waals surface area contributed by atoms with Gasteiger partial charge in [-0.15, -0.1) is 0 Å². The summed E-state index contributed by atoms with van der Waals surface area (Å²) in [4.78, 5) is 58.6. The Morgan fingerprint density at radius 1 is 0.927 bits per heavy atom. The first-order valence-electron chi connectivity index (χ1n) is 13.7. The fourth-order valence-corrected chi connectivity index (χ4v) is 5.69. The number of anilines is 3. The summed E-state index contributed by atoms with van der Waals surface area (Å²) in [6, 6.07) is 21.5. The van der Waals surface area contributed by atoms with E-state index in [0.717, 1.165) is 24.1 Å². The maximum Gasteiger partial charge on any atom is 0.299 e. The number of carbonyl (C=O) groups is 4. The number of Topliss-reactive ketones (excluding diaryl/α,β-unsaturated/α-hetero) is 1. The smallest absolute Gasteiger partial charge is 0.299 e. The van der Waals surface area contributed by atoms with Crippen molar-refractivity contribution in [1.29, 1.82) is 0 Å². The predicted octanol–water partition coefficient (Wildman–Crippen LogP) is 4.27. The molecule has 0 radical (unpaired) electrons. The molecule has 0 bridgehead atoms. The molecule has 3 aromatic carbocycles. The Labute approximate surface area is 239 Å². The van der Waals surface area contributed by atoms with Gasteiger partial charge in [0.15, 0.2) is 0 Å². The molecule has 9 heteroatoms. The molecular weight excluding hydrogens is 520 g/mol. The van der Waals surface area contributed by atoms with Crippen LogP contribution in [0.2, 0.25) is 0 Å². The van der Waals surface area contributed by atoms with E-state index in [2.05, 4.69) is 5.32 Å². The van der Waals surface area contributed by atoms with Gasteiger partial charge < -0.3 is 19.9 Å². The van der Waals surface area contributed by atoms with E-state index in [9.17, 15) is 19.2 Å². The molecule has 2 aliphatic rings. The zero-order chi connectivity index (χ0) is 29.1. The highest BCUT2D eigenvalue weighted by atomic mass is 16.5. The van der Waals surface area contributed by atoms with Crippen LogP contribution < -0.4 is 19.9 Å². The number of carbonyl (C=O) groups excluding carboxylic acids is 4. The summed E-state index contributed by atoms with van der Waals surface area (Å²) in [5.74, 6) is -1.37. The second-order valence-electron chi connectivity index (χ2n) is 10.7. The van der Waals surface area contributed by atoms with Crippen LogP contribution in [0.3, 0.4) is 0 Å². The molecule has 41 heavy (non-hydrogen) atoms. The average Bonchev–Trinajstić information content (AvgIpc) is 3.57. The molecule has 1 aliphatic heterocycles. The van der Waals surface area contributed by atoms with Crippen molar-refractivity contribution in [3.8, 4) is 5.75 Å².